The second kappa shape index (κ2) is 7.27. The first-order chi connectivity index (χ1) is 12.7. The Kier molecular flexibility index (Phi) is 4.69. The van der Waals surface area contributed by atoms with E-state index < -0.39 is 0 Å². The van der Waals surface area contributed by atoms with Crippen LogP contribution < -0.4 is 0 Å². The lowest BCUT2D eigenvalue weighted by Gasteiger charge is -2.32. The standard InChI is InChI=1S/C19H24N6O/c1-24-13-20-23-18(24)8-9-19(26)25-10-4-5-14(12-25)11-17-21-15-6-2-3-7-16(15)22-17/h2-3,6-7,13-14H,4-5,8-12H2,1H3,(H,21,22)/t14-/m1/s1. The number of aryl methyl sites for hydroxylation is 2. The number of aromatic nitrogens is 5. The van der Waals surface area contributed by atoms with Crippen molar-refractivity contribution in [3.63, 3.8) is 0 Å². The van der Waals surface area contributed by atoms with Gasteiger partial charge in [-0.05, 0) is 30.9 Å². The Morgan fingerprint density at radius 1 is 1.35 bits per heavy atom. The average molecular weight is 352 g/mol. The highest BCUT2D eigenvalue weighted by Crippen LogP contribution is 2.22. The predicted molar refractivity (Wildman–Crippen MR) is 98.4 cm³/mol. The molecule has 1 amide bonds. The molecule has 3 aromatic rings. The van der Waals surface area contributed by atoms with Crippen LogP contribution in [-0.4, -0.2) is 48.6 Å². The SMILES string of the molecule is Cn1cnnc1CCC(=O)N1CCC[C@H](Cc2nc3ccccc3[nH]2)C1. The first kappa shape index (κ1) is 16.8. The lowest BCUT2D eigenvalue weighted by Crippen LogP contribution is -2.40. The van der Waals surface area contributed by atoms with Crippen molar-refractivity contribution in [1.29, 1.82) is 0 Å². The molecule has 3 heterocycles. The van der Waals surface area contributed by atoms with Crippen LogP contribution in [0.1, 0.15) is 30.9 Å². The van der Waals surface area contributed by atoms with Gasteiger partial charge in [0, 0.05) is 39.4 Å². The van der Waals surface area contributed by atoms with Gasteiger partial charge in [0.15, 0.2) is 0 Å². The van der Waals surface area contributed by atoms with Gasteiger partial charge in [0.1, 0.15) is 18.0 Å². The van der Waals surface area contributed by atoms with E-state index in [0.29, 0.717) is 18.8 Å². The maximum absolute atomic E-state index is 12.6. The summed E-state index contributed by atoms with van der Waals surface area (Å²) in [5, 5.41) is 7.92. The maximum atomic E-state index is 12.6. The van der Waals surface area contributed by atoms with Crippen molar-refractivity contribution in [2.75, 3.05) is 13.1 Å². The molecule has 0 bridgehead atoms. The third-order valence-corrected chi connectivity index (χ3v) is 5.16. The summed E-state index contributed by atoms with van der Waals surface area (Å²) in [5.41, 5.74) is 2.09. The number of hydrogen-bond acceptors (Lipinski definition) is 4. The van der Waals surface area contributed by atoms with E-state index in [-0.39, 0.29) is 5.91 Å². The highest BCUT2D eigenvalue weighted by molar-refractivity contribution is 5.76. The van der Waals surface area contributed by atoms with Gasteiger partial charge < -0.3 is 14.5 Å². The summed E-state index contributed by atoms with van der Waals surface area (Å²) >= 11 is 0. The van der Waals surface area contributed by atoms with Crippen molar-refractivity contribution >= 4 is 16.9 Å². The predicted octanol–water partition coefficient (Wildman–Crippen LogP) is 2.11. The molecule has 1 atom stereocenters. The van der Waals surface area contributed by atoms with Crippen LogP contribution in [0.2, 0.25) is 0 Å². The van der Waals surface area contributed by atoms with E-state index in [4.69, 9.17) is 0 Å². The molecule has 0 spiro atoms. The number of piperidine rings is 1. The Labute approximate surface area is 152 Å². The molecule has 0 radical (unpaired) electrons. The molecule has 136 valence electrons. The number of aromatic amines is 1. The van der Waals surface area contributed by atoms with Gasteiger partial charge in [-0.3, -0.25) is 4.79 Å². The van der Waals surface area contributed by atoms with Crippen LogP contribution in [0.4, 0.5) is 0 Å². The van der Waals surface area contributed by atoms with Gasteiger partial charge in [-0.1, -0.05) is 12.1 Å². The molecule has 4 rings (SSSR count). The molecule has 7 nitrogen and oxygen atoms in total. The topological polar surface area (TPSA) is 79.7 Å². The quantitative estimate of drug-likeness (QED) is 0.763. The van der Waals surface area contributed by atoms with E-state index in [1.54, 1.807) is 6.33 Å². The number of likely N-dealkylation sites (tertiary alicyclic amines) is 1. The van der Waals surface area contributed by atoms with Gasteiger partial charge in [0.2, 0.25) is 5.91 Å². The number of carbonyl (C=O) groups is 1. The fourth-order valence-electron chi connectivity index (χ4n) is 3.74. The molecule has 7 heteroatoms. The van der Waals surface area contributed by atoms with Crippen LogP contribution in [0, 0.1) is 5.92 Å². The number of imidazole rings is 1. The molecular weight excluding hydrogens is 328 g/mol. The number of carbonyl (C=O) groups excluding carboxylic acids is 1. The molecule has 1 aliphatic heterocycles. The summed E-state index contributed by atoms with van der Waals surface area (Å²) in [7, 11) is 1.91. The molecular formula is C19H24N6O. The second-order valence-electron chi connectivity index (χ2n) is 7.11. The third-order valence-electron chi connectivity index (χ3n) is 5.16. The van der Waals surface area contributed by atoms with Crippen molar-refractivity contribution < 1.29 is 4.79 Å². The monoisotopic (exact) mass is 352 g/mol. The van der Waals surface area contributed by atoms with Crippen LogP contribution in [0.25, 0.3) is 11.0 Å². The van der Waals surface area contributed by atoms with Crippen LogP contribution in [-0.2, 0) is 24.7 Å². The fraction of sp³-hybridized carbons (Fsp3) is 0.474. The van der Waals surface area contributed by atoms with Crippen molar-refractivity contribution in [2.45, 2.75) is 32.1 Å². The fourth-order valence-corrected chi connectivity index (χ4v) is 3.74. The number of benzene rings is 1. The Hall–Kier alpha value is -2.70. The van der Waals surface area contributed by atoms with Gasteiger partial charge in [-0.2, -0.15) is 0 Å². The number of hydrogen-bond donors (Lipinski definition) is 1. The molecule has 2 aromatic heterocycles. The first-order valence-electron chi connectivity index (χ1n) is 9.23. The van der Waals surface area contributed by atoms with E-state index in [1.807, 2.05) is 34.7 Å². The zero-order valence-corrected chi connectivity index (χ0v) is 15.1. The molecule has 1 aromatic carbocycles. The van der Waals surface area contributed by atoms with E-state index in [1.165, 1.54) is 0 Å². The normalized spacial score (nSPS) is 17.7. The molecule has 1 aliphatic rings. The minimum Gasteiger partial charge on any atom is -0.342 e. The van der Waals surface area contributed by atoms with Crippen LogP contribution in [0.3, 0.4) is 0 Å². The number of fused-ring (bicyclic) bond motifs is 1. The Morgan fingerprint density at radius 3 is 3.04 bits per heavy atom. The summed E-state index contributed by atoms with van der Waals surface area (Å²) < 4.78 is 1.87. The summed E-state index contributed by atoms with van der Waals surface area (Å²) in [6, 6.07) is 8.10. The number of nitrogens with one attached hydrogen (secondary N) is 1. The maximum Gasteiger partial charge on any atom is 0.223 e. The highest BCUT2D eigenvalue weighted by Gasteiger charge is 2.24. The minimum absolute atomic E-state index is 0.210. The molecule has 1 fully saturated rings. The van der Waals surface area contributed by atoms with Gasteiger partial charge >= 0.3 is 0 Å². The number of nitrogens with zero attached hydrogens (tertiary/aromatic N) is 5. The smallest absolute Gasteiger partial charge is 0.223 e. The summed E-state index contributed by atoms with van der Waals surface area (Å²) in [6.07, 6.45) is 5.89. The average Bonchev–Trinajstić information content (AvgIpc) is 3.25. The zero-order chi connectivity index (χ0) is 17.9. The number of amides is 1. The Morgan fingerprint density at radius 2 is 2.23 bits per heavy atom. The lowest BCUT2D eigenvalue weighted by molar-refractivity contribution is -0.133. The summed E-state index contributed by atoms with van der Waals surface area (Å²) in [6.45, 7) is 1.67. The van der Waals surface area contributed by atoms with Gasteiger partial charge in [-0.15, -0.1) is 10.2 Å². The van der Waals surface area contributed by atoms with Gasteiger partial charge in [-0.25, -0.2) is 4.98 Å². The van der Waals surface area contributed by atoms with Crippen molar-refractivity contribution in [3.8, 4) is 0 Å². The van der Waals surface area contributed by atoms with Crippen molar-refractivity contribution in [2.24, 2.45) is 13.0 Å². The molecule has 1 saturated heterocycles. The Bertz CT molecular complexity index is 865. The molecule has 26 heavy (non-hydrogen) atoms. The van der Waals surface area contributed by atoms with E-state index >= 15 is 0 Å². The Balaban J connectivity index is 1.34. The molecule has 1 N–H and O–H groups in total. The largest absolute Gasteiger partial charge is 0.342 e. The minimum atomic E-state index is 0.210. The first-order valence-corrected chi connectivity index (χ1v) is 9.23. The molecule has 0 unspecified atom stereocenters. The molecule has 0 saturated carbocycles. The van der Waals surface area contributed by atoms with Crippen LogP contribution >= 0.6 is 0 Å². The van der Waals surface area contributed by atoms with Gasteiger partial charge in [0.05, 0.1) is 11.0 Å². The number of rotatable bonds is 5. The van der Waals surface area contributed by atoms with E-state index in [2.05, 4.69) is 26.2 Å². The highest BCUT2D eigenvalue weighted by atomic mass is 16.2. The van der Waals surface area contributed by atoms with Crippen molar-refractivity contribution in [3.05, 3.63) is 42.2 Å². The van der Waals surface area contributed by atoms with Gasteiger partial charge in [0.25, 0.3) is 0 Å². The lowest BCUT2D eigenvalue weighted by atomic mass is 9.94. The molecule has 0 aliphatic carbocycles. The summed E-state index contributed by atoms with van der Waals surface area (Å²) in [4.78, 5) is 22.7. The zero-order valence-electron chi connectivity index (χ0n) is 15.1. The second-order valence-corrected chi connectivity index (χ2v) is 7.11. The van der Waals surface area contributed by atoms with Crippen LogP contribution in [0.15, 0.2) is 30.6 Å². The van der Waals surface area contributed by atoms with Crippen molar-refractivity contribution in [1.82, 2.24) is 29.6 Å². The van der Waals surface area contributed by atoms with Crippen LogP contribution in [0.5, 0.6) is 0 Å². The summed E-state index contributed by atoms with van der Waals surface area (Å²) in [5.74, 6) is 2.55. The third kappa shape index (κ3) is 3.61. The number of para-hydroxylation sites is 2. The van der Waals surface area contributed by atoms with E-state index in [0.717, 1.165) is 55.0 Å². The van der Waals surface area contributed by atoms with E-state index in [9.17, 15) is 4.79 Å². The number of H-pyrrole nitrogens is 1.